The van der Waals surface area contributed by atoms with Crippen molar-refractivity contribution in [1.82, 2.24) is 0 Å². The summed E-state index contributed by atoms with van der Waals surface area (Å²) in [6.45, 7) is 6.60. The van der Waals surface area contributed by atoms with Gasteiger partial charge in [0.15, 0.2) is 0 Å². The molecule has 0 fully saturated rings. The maximum atomic E-state index is 6.07. The first-order chi connectivity index (χ1) is 14.3. The highest BCUT2D eigenvalue weighted by atomic mass is 16.5. The van der Waals surface area contributed by atoms with E-state index in [2.05, 4.69) is 43.8 Å². The van der Waals surface area contributed by atoms with E-state index in [1.54, 1.807) is 0 Å². The van der Waals surface area contributed by atoms with Crippen molar-refractivity contribution in [2.45, 2.75) is 39.0 Å². The summed E-state index contributed by atoms with van der Waals surface area (Å²) in [5, 5.41) is 0. The van der Waals surface area contributed by atoms with Crippen LogP contribution in [0, 0.1) is 6.92 Å². The van der Waals surface area contributed by atoms with Crippen LogP contribution in [0.3, 0.4) is 0 Å². The third kappa shape index (κ3) is 6.53. The summed E-state index contributed by atoms with van der Waals surface area (Å²) in [6.07, 6.45) is 7.87. The predicted molar refractivity (Wildman–Crippen MR) is 122 cm³/mol. The van der Waals surface area contributed by atoms with E-state index in [0.29, 0.717) is 0 Å². The van der Waals surface area contributed by atoms with E-state index in [4.69, 9.17) is 9.47 Å². The number of allylic oxidation sites excluding steroid dienone is 1. The van der Waals surface area contributed by atoms with Crippen molar-refractivity contribution in [3.05, 3.63) is 91.0 Å². The lowest BCUT2D eigenvalue weighted by Gasteiger charge is -2.12. The zero-order chi connectivity index (χ0) is 20.3. The van der Waals surface area contributed by atoms with E-state index >= 15 is 0 Å². The monoisotopic (exact) mass is 386 g/mol. The average Bonchev–Trinajstić information content (AvgIpc) is 2.76. The molecule has 2 heteroatoms. The molecule has 0 aliphatic heterocycles. The van der Waals surface area contributed by atoms with Crippen LogP contribution >= 0.6 is 0 Å². The predicted octanol–water partition coefficient (Wildman–Crippen LogP) is 7.97. The molecule has 3 aromatic carbocycles. The molecule has 0 spiro atoms. The van der Waals surface area contributed by atoms with E-state index in [9.17, 15) is 0 Å². The Morgan fingerprint density at radius 2 is 1.48 bits per heavy atom. The molecule has 0 amide bonds. The van der Waals surface area contributed by atoms with Crippen LogP contribution in [0.5, 0.6) is 17.2 Å². The second-order valence-electron chi connectivity index (χ2n) is 7.26. The Labute approximate surface area is 174 Å². The average molecular weight is 387 g/mol. The number of para-hydroxylation sites is 1. The van der Waals surface area contributed by atoms with E-state index in [0.717, 1.165) is 53.4 Å². The number of benzene rings is 3. The molecule has 3 rings (SSSR count). The fraction of sp³-hybridized carbons (Fsp3) is 0.259. The quantitative estimate of drug-likeness (QED) is 0.246. The van der Waals surface area contributed by atoms with Crippen LogP contribution in [0.4, 0.5) is 0 Å². The highest BCUT2D eigenvalue weighted by Crippen LogP contribution is 2.31. The normalized spacial score (nSPS) is 10.5. The maximum Gasteiger partial charge on any atom is 0.130 e. The minimum absolute atomic E-state index is 0.771. The molecule has 0 bridgehead atoms. The van der Waals surface area contributed by atoms with Gasteiger partial charge in [0.2, 0.25) is 0 Å². The van der Waals surface area contributed by atoms with Crippen molar-refractivity contribution in [3.8, 4) is 28.4 Å². The second-order valence-corrected chi connectivity index (χ2v) is 7.26. The van der Waals surface area contributed by atoms with Gasteiger partial charge in [-0.25, -0.2) is 0 Å². The molecule has 29 heavy (non-hydrogen) atoms. The number of hydrogen-bond donors (Lipinski definition) is 0. The van der Waals surface area contributed by atoms with Crippen molar-refractivity contribution < 1.29 is 9.47 Å². The van der Waals surface area contributed by atoms with Gasteiger partial charge in [-0.3, -0.25) is 0 Å². The van der Waals surface area contributed by atoms with Crippen molar-refractivity contribution in [2.24, 2.45) is 0 Å². The summed E-state index contributed by atoms with van der Waals surface area (Å²) in [6, 6.07) is 24.5. The van der Waals surface area contributed by atoms with Crippen LogP contribution in [0.1, 0.15) is 37.7 Å². The topological polar surface area (TPSA) is 18.5 Å². The van der Waals surface area contributed by atoms with E-state index in [1.807, 2.05) is 48.5 Å². The number of unbranched alkanes of at least 4 members (excludes halogenated alkanes) is 4. The lowest BCUT2D eigenvalue weighted by molar-refractivity contribution is 0.305. The number of hydrogen-bond acceptors (Lipinski definition) is 2. The highest BCUT2D eigenvalue weighted by Gasteiger charge is 2.06. The van der Waals surface area contributed by atoms with Gasteiger partial charge in [-0.2, -0.15) is 0 Å². The Balaban J connectivity index is 1.57. The number of aryl methyl sites for hydroxylation is 1. The molecule has 0 aliphatic rings. The standard InChI is InChI=1S/C27H30O2/c1-3-4-5-6-7-11-20-28-25-18-16-23(17-19-25)24-15-14-22(2)27(21-24)29-26-12-9-8-10-13-26/h3,8-10,12-19,21H,1,4-7,11,20H2,2H3. The van der Waals surface area contributed by atoms with Crippen LogP contribution in [-0.2, 0) is 0 Å². The van der Waals surface area contributed by atoms with Gasteiger partial charge in [-0.15, -0.1) is 6.58 Å². The van der Waals surface area contributed by atoms with Crippen LogP contribution in [0.15, 0.2) is 85.5 Å². The fourth-order valence-electron chi connectivity index (χ4n) is 3.18. The molecule has 0 radical (unpaired) electrons. The molecule has 0 saturated carbocycles. The van der Waals surface area contributed by atoms with Gasteiger partial charge in [-0.05, 0) is 73.2 Å². The summed E-state index contributed by atoms with van der Waals surface area (Å²) >= 11 is 0. The van der Waals surface area contributed by atoms with Crippen LogP contribution in [-0.4, -0.2) is 6.61 Å². The Morgan fingerprint density at radius 3 is 2.24 bits per heavy atom. The lowest BCUT2D eigenvalue weighted by atomic mass is 10.0. The Kier molecular flexibility index (Phi) is 7.94. The molecule has 0 N–H and O–H groups in total. The first-order valence-electron chi connectivity index (χ1n) is 10.4. The number of rotatable bonds is 11. The van der Waals surface area contributed by atoms with Gasteiger partial charge in [0, 0.05) is 0 Å². The summed E-state index contributed by atoms with van der Waals surface area (Å²) in [4.78, 5) is 0. The molecule has 0 aliphatic carbocycles. The Morgan fingerprint density at radius 1 is 0.759 bits per heavy atom. The fourth-order valence-corrected chi connectivity index (χ4v) is 3.18. The largest absolute Gasteiger partial charge is 0.494 e. The third-order valence-electron chi connectivity index (χ3n) is 4.92. The van der Waals surface area contributed by atoms with Gasteiger partial charge < -0.3 is 9.47 Å². The SMILES string of the molecule is C=CCCCCCCOc1ccc(-c2ccc(C)c(Oc3ccccc3)c2)cc1. The molecule has 0 heterocycles. The van der Waals surface area contributed by atoms with E-state index in [1.165, 1.54) is 19.3 Å². The molecular formula is C27H30O2. The molecule has 3 aromatic rings. The van der Waals surface area contributed by atoms with Crippen molar-refractivity contribution >= 4 is 0 Å². The zero-order valence-corrected chi connectivity index (χ0v) is 17.3. The highest BCUT2D eigenvalue weighted by molar-refractivity contribution is 5.67. The molecule has 2 nitrogen and oxygen atoms in total. The molecule has 0 saturated heterocycles. The molecule has 150 valence electrons. The molecular weight excluding hydrogens is 356 g/mol. The first kappa shape index (κ1) is 20.7. The minimum atomic E-state index is 0.771. The van der Waals surface area contributed by atoms with Crippen LogP contribution in [0.2, 0.25) is 0 Å². The van der Waals surface area contributed by atoms with E-state index in [-0.39, 0.29) is 0 Å². The van der Waals surface area contributed by atoms with Crippen LogP contribution in [0.25, 0.3) is 11.1 Å². The minimum Gasteiger partial charge on any atom is -0.494 e. The Hall–Kier alpha value is -3.00. The molecule has 0 unspecified atom stereocenters. The van der Waals surface area contributed by atoms with Crippen LogP contribution < -0.4 is 9.47 Å². The van der Waals surface area contributed by atoms with Crippen molar-refractivity contribution in [1.29, 1.82) is 0 Å². The van der Waals surface area contributed by atoms with Crippen molar-refractivity contribution in [2.75, 3.05) is 6.61 Å². The molecule has 0 atom stereocenters. The second kappa shape index (κ2) is 11.1. The van der Waals surface area contributed by atoms with Gasteiger partial charge in [0.1, 0.15) is 17.2 Å². The first-order valence-corrected chi connectivity index (χ1v) is 10.4. The number of ether oxygens (including phenoxy) is 2. The van der Waals surface area contributed by atoms with Crippen molar-refractivity contribution in [3.63, 3.8) is 0 Å². The van der Waals surface area contributed by atoms with Gasteiger partial charge >= 0.3 is 0 Å². The Bertz CT molecular complexity index is 882. The maximum absolute atomic E-state index is 6.07. The van der Waals surface area contributed by atoms with Gasteiger partial charge in [-0.1, -0.05) is 61.4 Å². The third-order valence-corrected chi connectivity index (χ3v) is 4.92. The lowest BCUT2D eigenvalue weighted by Crippen LogP contribution is -1.97. The smallest absolute Gasteiger partial charge is 0.130 e. The van der Waals surface area contributed by atoms with Gasteiger partial charge in [0.05, 0.1) is 6.61 Å². The summed E-state index contributed by atoms with van der Waals surface area (Å²) in [5.41, 5.74) is 3.40. The zero-order valence-electron chi connectivity index (χ0n) is 17.3. The summed E-state index contributed by atoms with van der Waals surface area (Å²) < 4.78 is 11.9. The van der Waals surface area contributed by atoms with Gasteiger partial charge in [0.25, 0.3) is 0 Å². The summed E-state index contributed by atoms with van der Waals surface area (Å²) in [5.74, 6) is 2.65. The van der Waals surface area contributed by atoms with E-state index < -0.39 is 0 Å². The summed E-state index contributed by atoms with van der Waals surface area (Å²) in [7, 11) is 0. The molecule has 0 aromatic heterocycles.